The Labute approximate surface area is 155 Å². The Morgan fingerprint density at radius 3 is 2.69 bits per heavy atom. The summed E-state index contributed by atoms with van der Waals surface area (Å²) >= 11 is 0. The van der Waals surface area contributed by atoms with Gasteiger partial charge in [0.2, 0.25) is 5.91 Å². The van der Waals surface area contributed by atoms with Crippen molar-refractivity contribution in [3.05, 3.63) is 18.1 Å². The predicted octanol–water partition coefficient (Wildman–Crippen LogP) is 2.14. The molecule has 1 fully saturated rings. The van der Waals surface area contributed by atoms with Gasteiger partial charge in [-0.2, -0.15) is 5.10 Å². The first-order valence-corrected chi connectivity index (χ1v) is 9.66. The maximum Gasteiger partial charge on any atom is 0.225 e. The van der Waals surface area contributed by atoms with Gasteiger partial charge in [0.1, 0.15) is 5.52 Å². The van der Waals surface area contributed by atoms with E-state index < -0.39 is 0 Å². The molecule has 26 heavy (non-hydrogen) atoms. The molecule has 0 unspecified atom stereocenters. The Morgan fingerprint density at radius 2 is 2.00 bits per heavy atom. The number of carbonyl (C=O) groups is 1. The molecule has 7 nitrogen and oxygen atoms in total. The molecule has 0 radical (unpaired) electrons. The number of likely N-dealkylation sites (N-methyl/N-ethyl adjacent to an activating group) is 1. The average molecular weight is 358 g/mol. The summed E-state index contributed by atoms with van der Waals surface area (Å²) in [4.78, 5) is 25.9. The normalized spacial score (nSPS) is 17.8. The van der Waals surface area contributed by atoms with Crippen LogP contribution in [0.4, 0.5) is 0 Å². The fourth-order valence-corrected chi connectivity index (χ4v) is 3.73. The van der Waals surface area contributed by atoms with Gasteiger partial charge in [-0.1, -0.05) is 13.8 Å². The van der Waals surface area contributed by atoms with Crippen molar-refractivity contribution in [2.24, 2.45) is 5.92 Å². The molecule has 0 spiro atoms. The predicted molar refractivity (Wildman–Crippen MR) is 102 cm³/mol. The molecule has 2 aromatic rings. The van der Waals surface area contributed by atoms with Crippen molar-refractivity contribution in [2.45, 2.75) is 45.6 Å². The fraction of sp³-hybridized carbons (Fsp3) is 0.684. The van der Waals surface area contributed by atoms with Crippen LogP contribution < -0.4 is 0 Å². The van der Waals surface area contributed by atoms with Crippen LogP contribution in [0.3, 0.4) is 0 Å². The van der Waals surface area contributed by atoms with Crippen LogP contribution in [-0.4, -0.2) is 69.2 Å². The second-order valence-corrected chi connectivity index (χ2v) is 7.42. The molecule has 1 atom stereocenters. The average Bonchev–Trinajstić information content (AvgIpc) is 3.26. The van der Waals surface area contributed by atoms with Crippen molar-refractivity contribution < 1.29 is 4.79 Å². The number of hydrogen-bond donors (Lipinski definition) is 0. The highest BCUT2D eigenvalue weighted by atomic mass is 16.2. The molecule has 142 valence electrons. The molecule has 1 amide bonds. The van der Waals surface area contributed by atoms with E-state index in [2.05, 4.69) is 42.8 Å². The van der Waals surface area contributed by atoms with Crippen LogP contribution in [0.25, 0.3) is 11.2 Å². The van der Waals surface area contributed by atoms with E-state index in [1.165, 1.54) is 0 Å². The molecule has 3 rings (SSSR count). The van der Waals surface area contributed by atoms with Crippen LogP contribution in [0, 0.1) is 5.92 Å². The van der Waals surface area contributed by atoms with Crippen molar-refractivity contribution >= 4 is 17.1 Å². The van der Waals surface area contributed by atoms with E-state index in [0.717, 1.165) is 62.3 Å². The topological polar surface area (TPSA) is 67.2 Å². The highest BCUT2D eigenvalue weighted by Gasteiger charge is 2.33. The number of carbonyl (C=O) groups excluding carboxylic acids is 1. The van der Waals surface area contributed by atoms with Crippen LogP contribution in [0.5, 0.6) is 0 Å². The molecule has 0 saturated carbocycles. The van der Waals surface area contributed by atoms with Crippen LogP contribution in [-0.2, 0) is 11.3 Å². The van der Waals surface area contributed by atoms with Crippen molar-refractivity contribution in [1.82, 2.24) is 29.5 Å². The standard InChI is InChI=1S/C19H30N6O/c1-5-14(6-2)19(26)24-10-7-15(13-24)16-17-18(21-9-8-20-17)25(22-16)12-11-23(3)4/h8-9,14-15H,5-7,10-13H2,1-4H3/t15-/m1/s1. The summed E-state index contributed by atoms with van der Waals surface area (Å²) in [6, 6.07) is 0. The van der Waals surface area contributed by atoms with Gasteiger partial charge in [0.05, 0.1) is 12.2 Å². The summed E-state index contributed by atoms with van der Waals surface area (Å²) in [5, 5.41) is 4.85. The SMILES string of the molecule is CCC(CC)C(=O)N1CC[C@@H](c2nn(CCN(C)C)c3nccnc23)C1. The minimum atomic E-state index is 0.142. The van der Waals surface area contributed by atoms with E-state index in [1.807, 2.05) is 9.58 Å². The molecule has 1 saturated heterocycles. The quantitative estimate of drug-likeness (QED) is 0.759. The lowest BCUT2D eigenvalue weighted by atomic mass is 10.0. The second-order valence-electron chi connectivity index (χ2n) is 7.42. The minimum Gasteiger partial charge on any atom is -0.342 e. The highest BCUT2D eigenvalue weighted by Crippen LogP contribution is 2.31. The molecule has 0 N–H and O–H groups in total. The van der Waals surface area contributed by atoms with Crippen molar-refractivity contribution in [2.75, 3.05) is 33.7 Å². The summed E-state index contributed by atoms with van der Waals surface area (Å²) in [5.41, 5.74) is 2.72. The zero-order valence-electron chi connectivity index (χ0n) is 16.4. The smallest absolute Gasteiger partial charge is 0.225 e. The van der Waals surface area contributed by atoms with Gasteiger partial charge in [0, 0.05) is 43.9 Å². The Bertz CT molecular complexity index is 752. The molecule has 2 aromatic heterocycles. The van der Waals surface area contributed by atoms with Gasteiger partial charge in [0.25, 0.3) is 0 Å². The first-order valence-electron chi connectivity index (χ1n) is 9.66. The number of amides is 1. The van der Waals surface area contributed by atoms with Gasteiger partial charge in [0.15, 0.2) is 5.65 Å². The lowest BCUT2D eigenvalue weighted by Gasteiger charge is -2.21. The summed E-state index contributed by atoms with van der Waals surface area (Å²) < 4.78 is 1.96. The van der Waals surface area contributed by atoms with E-state index >= 15 is 0 Å². The zero-order chi connectivity index (χ0) is 18.7. The molecular formula is C19H30N6O. The second kappa shape index (κ2) is 8.12. The molecule has 7 heteroatoms. The number of rotatable bonds is 7. The molecule has 0 aliphatic carbocycles. The van der Waals surface area contributed by atoms with Crippen LogP contribution in [0.15, 0.2) is 12.4 Å². The summed E-state index contributed by atoms with van der Waals surface area (Å²) in [6.07, 6.45) is 6.21. The van der Waals surface area contributed by atoms with Gasteiger partial charge in [-0.25, -0.2) is 14.6 Å². The largest absolute Gasteiger partial charge is 0.342 e. The van der Waals surface area contributed by atoms with Crippen molar-refractivity contribution in [1.29, 1.82) is 0 Å². The van der Waals surface area contributed by atoms with Crippen molar-refractivity contribution in [3.8, 4) is 0 Å². The number of hydrogen-bond acceptors (Lipinski definition) is 5. The third-order valence-corrected chi connectivity index (χ3v) is 5.37. The Morgan fingerprint density at radius 1 is 1.27 bits per heavy atom. The van der Waals surface area contributed by atoms with E-state index in [4.69, 9.17) is 5.10 Å². The van der Waals surface area contributed by atoms with Crippen molar-refractivity contribution in [3.63, 3.8) is 0 Å². The number of likely N-dealkylation sites (tertiary alicyclic amines) is 1. The van der Waals surface area contributed by atoms with Gasteiger partial charge >= 0.3 is 0 Å². The Kier molecular flexibility index (Phi) is 5.86. The number of nitrogens with zero attached hydrogens (tertiary/aromatic N) is 6. The lowest BCUT2D eigenvalue weighted by Crippen LogP contribution is -2.33. The maximum atomic E-state index is 12.7. The summed E-state index contributed by atoms with van der Waals surface area (Å²) in [7, 11) is 4.10. The molecule has 1 aliphatic heterocycles. The van der Waals surface area contributed by atoms with Gasteiger partial charge in [-0.05, 0) is 33.4 Å². The van der Waals surface area contributed by atoms with Gasteiger partial charge < -0.3 is 9.80 Å². The molecule has 1 aliphatic rings. The van der Waals surface area contributed by atoms with Crippen LogP contribution in [0.1, 0.15) is 44.7 Å². The van der Waals surface area contributed by atoms with E-state index in [9.17, 15) is 4.79 Å². The highest BCUT2D eigenvalue weighted by molar-refractivity contribution is 5.79. The summed E-state index contributed by atoms with van der Waals surface area (Å²) in [5.74, 6) is 0.677. The van der Waals surface area contributed by atoms with Crippen LogP contribution >= 0.6 is 0 Å². The first-order chi connectivity index (χ1) is 12.5. The maximum absolute atomic E-state index is 12.7. The molecular weight excluding hydrogens is 328 g/mol. The van der Waals surface area contributed by atoms with E-state index in [-0.39, 0.29) is 11.8 Å². The molecule has 0 aromatic carbocycles. The summed E-state index contributed by atoms with van der Waals surface area (Å²) in [6.45, 7) is 7.42. The number of aromatic nitrogens is 4. The molecule has 3 heterocycles. The minimum absolute atomic E-state index is 0.142. The van der Waals surface area contributed by atoms with E-state index in [0.29, 0.717) is 5.91 Å². The monoisotopic (exact) mass is 358 g/mol. The Hall–Kier alpha value is -2.02. The van der Waals surface area contributed by atoms with Gasteiger partial charge in [-0.3, -0.25) is 4.79 Å². The third kappa shape index (κ3) is 3.72. The Balaban J connectivity index is 1.81. The molecule has 0 bridgehead atoms. The zero-order valence-corrected chi connectivity index (χ0v) is 16.4. The van der Waals surface area contributed by atoms with Crippen LogP contribution in [0.2, 0.25) is 0 Å². The first kappa shape index (κ1) is 18.8. The van der Waals surface area contributed by atoms with E-state index in [1.54, 1.807) is 12.4 Å². The van der Waals surface area contributed by atoms with Gasteiger partial charge in [-0.15, -0.1) is 0 Å². The fourth-order valence-electron chi connectivity index (χ4n) is 3.73. The number of fused-ring (bicyclic) bond motifs is 1. The lowest BCUT2D eigenvalue weighted by molar-refractivity contribution is -0.134. The third-order valence-electron chi connectivity index (χ3n) is 5.37.